The molecule has 0 aliphatic carbocycles. The molecule has 4 aromatic carbocycles. The van der Waals surface area contributed by atoms with Crippen LogP contribution in [0.25, 0.3) is 0 Å². The largest absolute Gasteiger partial charge is 0.493 e. The molecule has 0 heterocycles. The number of amidine groups is 1. The summed E-state index contributed by atoms with van der Waals surface area (Å²) in [5.74, 6) is 0.909. The van der Waals surface area contributed by atoms with Crippen molar-refractivity contribution < 1.29 is 14.3 Å². The highest BCUT2D eigenvalue weighted by molar-refractivity contribution is 5.95. The van der Waals surface area contributed by atoms with Crippen molar-refractivity contribution in [2.75, 3.05) is 12.4 Å². The minimum Gasteiger partial charge on any atom is -0.493 e. The van der Waals surface area contributed by atoms with Crippen molar-refractivity contribution in [1.29, 1.82) is 5.41 Å². The van der Waals surface area contributed by atoms with E-state index in [9.17, 15) is 4.79 Å². The third kappa shape index (κ3) is 7.51. The van der Waals surface area contributed by atoms with Gasteiger partial charge in [-0.2, -0.15) is 0 Å². The van der Waals surface area contributed by atoms with Gasteiger partial charge >= 0.3 is 0 Å². The average molecular weight is 531 g/mol. The lowest BCUT2D eigenvalue weighted by molar-refractivity contribution is -0.122. The van der Waals surface area contributed by atoms with Crippen LogP contribution in [-0.4, -0.2) is 18.9 Å². The van der Waals surface area contributed by atoms with Crippen LogP contribution >= 0.6 is 12.4 Å². The molecule has 0 spiro atoms. The summed E-state index contributed by atoms with van der Waals surface area (Å²) in [6.07, 6.45) is 0. The quantitative estimate of drug-likeness (QED) is 0.152. The summed E-state index contributed by atoms with van der Waals surface area (Å²) < 4.78 is 11.6. The maximum absolute atomic E-state index is 13.4. The summed E-state index contributed by atoms with van der Waals surface area (Å²) in [4.78, 5) is 13.4. The van der Waals surface area contributed by atoms with Crippen LogP contribution in [0.1, 0.15) is 28.3 Å². The van der Waals surface area contributed by atoms with Crippen molar-refractivity contribution in [3.05, 3.63) is 125 Å². The molecule has 0 aromatic heterocycles. The zero-order chi connectivity index (χ0) is 26.0. The number of anilines is 1. The van der Waals surface area contributed by atoms with Gasteiger partial charge in [0.15, 0.2) is 11.5 Å². The van der Waals surface area contributed by atoms with Gasteiger partial charge in [-0.3, -0.25) is 10.2 Å². The Hall–Kier alpha value is -4.49. The maximum Gasteiger partial charge on any atom is 0.247 e. The SMILES string of the molecule is COc1cc(C(Nc2ccc(C(=N)N)cc2)C(=O)NCc2ccccc2)ccc1OCc1ccccc1.Cl. The Labute approximate surface area is 228 Å². The fourth-order valence-electron chi connectivity index (χ4n) is 3.82. The van der Waals surface area contributed by atoms with Crippen LogP contribution in [0.5, 0.6) is 11.5 Å². The molecule has 8 heteroatoms. The first-order valence-electron chi connectivity index (χ1n) is 11.9. The van der Waals surface area contributed by atoms with Crippen LogP contribution in [-0.2, 0) is 17.9 Å². The Bertz CT molecular complexity index is 1330. The number of amides is 1. The van der Waals surface area contributed by atoms with E-state index in [4.69, 9.17) is 20.6 Å². The molecule has 0 fully saturated rings. The number of hydrogen-bond donors (Lipinski definition) is 4. The van der Waals surface area contributed by atoms with Crippen molar-refractivity contribution >= 4 is 29.8 Å². The predicted molar refractivity (Wildman–Crippen MR) is 153 cm³/mol. The number of methoxy groups -OCH3 is 1. The molecule has 0 saturated heterocycles. The number of benzene rings is 4. The molecule has 196 valence electrons. The Morgan fingerprint density at radius 2 is 1.50 bits per heavy atom. The Morgan fingerprint density at radius 3 is 2.11 bits per heavy atom. The first-order chi connectivity index (χ1) is 18.0. The third-order valence-corrected chi connectivity index (χ3v) is 5.84. The highest BCUT2D eigenvalue weighted by Gasteiger charge is 2.22. The summed E-state index contributed by atoms with van der Waals surface area (Å²) in [5, 5.41) is 13.9. The van der Waals surface area contributed by atoms with Crippen LogP contribution in [0.4, 0.5) is 5.69 Å². The molecule has 1 amide bonds. The predicted octanol–water partition coefficient (Wildman–Crippen LogP) is 5.45. The van der Waals surface area contributed by atoms with Gasteiger partial charge < -0.3 is 25.8 Å². The number of ether oxygens (including phenoxy) is 2. The number of carbonyl (C=O) groups is 1. The lowest BCUT2D eigenvalue weighted by Crippen LogP contribution is -2.33. The molecule has 7 nitrogen and oxygen atoms in total. The molecular weight excluding hydrogens is 500 g/mol. The van der Waals surface area contributed by atoms with E-state index in [1.54, 1.807) is 31.4 Å². The molecular formula is C30H31ClN4O3. The summed E-state index contributed by atoms with van der Waals surface area (Å²) in [6, 6.07) is 31.5. The first kappa shape index (κ1) is 28.1. The second-order valence-electron chi connectivity index (χ2n) is 8.46. The van der Waals surface area contributed by atoms with Crippen LogP contribution in [0.2, 0.25) is 0 Å². The van der Waals surface area contributed by atoms with Crippen molar-refractivity contribution in [2.24, 2.45) is 5.73 Å². The van der Waals surface area contributed by atoms with Crippen LogP contribution in [0, 0.1) is 5.41 Å². The van der Waals surface area contributed by atoms with Crippen molar-refractivity contribution in [2.45, 2.75) is 19.2 Å². The maximum atomic E-state index is 13.4. The number of rotatable bonds is 11. The van der Waals surface area contributed by atoms with Crippen molar-refractivity contribution in [3.63, 3.8) is 0 Å². The molecule has 4 rings (SSSR count). The molecule has 1 atom stereocenters. The van der Waals surface area contributed by atoms with Gasteiger partial charge in [-0.05, 0) is 53.1 Å². The monoisotopic (exact) mass is 530 g/mol. The molecule has 0 aliphatic heterocycles. The van der Waals surface area contributed by atoms with Gasteiger partial charge in [-0.1, -0.05) is 66.7 Å². The van der Waals surface area contributed by atoms with Gasteiger partial charge in [0, 0.05) is 17.8 Å². The molecule has 38 heavy (non-hydrogen) atoms. The normalized spacial score (nSPS) is 11.0. The number of nitrogens with one attached hydrogen (secondary N) is 3. The van der Waals surface area contributed by atoms with Gasteiger partial charge in [-0.15, -0.1) is 12.4 Å². The van der Waals surface area contributed by atoms with Gasteiger partial charge in [0.1, 0.15) is 18.5 Å². The summed E-state index contributed by atoms with van der Waals surface area (Å²) >= 11 is 0. The van der Waals surface area contributed by atoms with Crippen LogP contribution in [0.3, 0.4) is 0 Å². The molecule has 0 radical (unpaired) electrons. The van der Waals surface area contributed by atoms with Gasteiger partial charge in [0.25, 0.3) is 0 Å². The molecule has 4 aromatic rings. The summed E-state index contributed by atoms with van der Waals surface area (Å²) in [5.41, 5.74) is 9.66. The second-order valence-corrected chi connectivity index (χ2v) is 8.46. The van der Waals surface area contributed by atoms with E-state index in [0.29, 0.717) is 41.5 Å². The second kappa shape index (κ2) is 13.7. The average Bonchev–Trinajstić information content (AvgIpc) is 2.95. The van der Waals surface area contributed by atoms with Gasteiger partial charge in [0.05, 0.1) is 7.11 Å². The van der Waals surface area contributed by atoms with E-state index >= 15 is 0 Å². The van der Waals surface area contributed by atoms with E-state index < -0.39 is 6.04 Å². The summed E-state index contributed by atoms with van der Waals surface area (Å²) in [7, 11) is 1.58. The number of nitrogen functional groups attached to an aromatic ring is 1. The highest BCUT2D eigenvalue weighted by Crippen LogP contribution is 2.32. The molecule has 0 aliphatic rings. The van der Waals surface area contributed by atoms with Crippen LogP contribution in [0.15, 0.2) is 103 Å². The van der Waals surface area contributed by atoms with E-state index in [-0.39, 0.29) is 24.1 Å². The van der Waals surface area contributed by atoms with E-state index in [2.05, 4.69) is 10.6 Å². The van der Waals surface area contributed by atoms with E-state index in [1.165, 1.54) is 0 Å². The fourth-order valence-corrected chi connectivity index (χ4v) is 3.82. The number of nitrogens with two attached hydrogens (primary N) is 1. The van der Waals surface area contributed by atoms with Crippen LogP contribution < -0.4 is 25.8 Å². The highest BCUT2D eigenvalue weighted by atomic mass is 35.5. The topological polar surface area (TPSA) is 109 Å². The minimum atomic E-state index is -0.705. The molecule has 0 bridgehead atoms. The van der Waals surface area contributed by atoms with Gasteiger partial charge in [0.2, 0.25) is 5.91 Å². The number of carbonyl (C=O) groups excluding carboxylic acids is 1. The molecule has 0 saturated carbocycles. The van der Waals surface area contributed by atoms with E-state index in [1.807, 2.05) is 78.9 Å². The Kier molecular flexibility index (Phi) is 10.1. The standard InChI is InChI=1S/C30H30N4O3.ClH/c1-36-27-18-24(14-17-26(27)37-20-22-10-6-3-7-11-22)28(30(35)33-19-21-8-4-2-5-9-21)34-25-15-12-23(13-16-25)29(31)32;/h2-18,28,34H,19-20H2,1H3,(H3,31,32)(H,33,35);1H. The molecule has 1 unspecified atom stereocenters. The third-order valence-electron chi connectivity index (χ3n) is 5.84. The number of hydrogen-bond acceptors (Lipinski definition) is 5. The smallest absolute Gasteiger partial charge is 0.247 e. The zero-order valence-electron chi connectivity index (χ0n) is 21.0. The summed E-state index contributed by atoms with van der Waals surface area (Å²) in [6.45, 7) is 0.800. The lowest BCUT2D eigenvalue weighted by atomic mass is 10.0. The van der Waals surface area contributed by atoms with Crippen molar-refractivity contribution in [3.8, 4) is 11.5 Å². The van der Waals surface area contributed by atoms with E-state index in [0.717, 1.165) is 11.1 Å². The molecule has 5 N–H and O–H groups in total. The minimum absolute atomic E-state index is 0. The fraction of sp³-hybridized carbons (Fsp3) is 0.133. The Balaban J connectivity index is 0.00000400. The number of halogens is 1. The van der Waals surface area contributed by atoms with Crippen molar-refractivity contribution in [1.82, 2.24) is 5.32 Å². The van der Waals surface area contributed by atoms with Gasteiger partial charge in [-0.25, -0.2) is 0 Å². The first-order valence-corrected chi connectivity index (χ1v) is 11.9. The zero-order valence-corrected chi connectivity index (χ0v) is 21.8. The lowest BCUT2D eigenvalue weighted by Gasteiger charge is -2.22. The Morgan fingerprint density at radius 1 is 0.868 bits per heavy atom.